The van der Waals surface area contributed by atoms with Crippen LogP contribution in [0.5, 0.6) is 11.5 Å². The molecule has 2 aromatic carbocycles. The maximum absolute atomic E-state index is 13.1. The minimum Gasteiger partial charge on any atom is -0.497 e. The Morgan fingerprint density at radius 1 is 1.03 bits per heavy atom. The molecule has 1 fully saturated rings. The van der Waals surface area contributed by atoms with Crippen LogP contribution in [-0.2, 0) is 4.79 Å². The van der Waals surface area contributed by atoms with Gasteiger partial charge in [-0.05, 0) is 54.4 Å². The van der Waals surface area contributed by atoms with Gasteiger partial charge in [-0.2, -0.15) is 0 Å². The van der Waals surface area contributed by atoms with Crippen LogP contribution in [0.1, 0.15) is 24.5 Å². The fourth-order valence-corrected chi connectivity index (χ4v) is 3.81. The highest BCUT2D eigenvalue weighted by atomic mass is 35.5. The smallest absolute Gasteiger partial charge is 0.163 e. The van der Waals surface area contributed by atoms with Crippen LogP contribution in [0.15, 0.2) is 60.7 Å². The Hall–Kier alpha value is -2.60. The van der Waals surface area contributed by atoms with Gasteiger partial charge in [0, 0.05) is 13.1 Å². The van der Waals surface area contributed by atoms with Crippen LogP contribution in [0, 0.1) is 5.92 Å². The second-order valence-corrected chi connectivity index (χ2v) is 7.80. The van der Waals surface area contributed by atoms with Gasteiger partial charge in [-0.1, -0.05) is 49.4 Å². The van der Waals surface area contributed by atoms with Gasteiger partial charge < -0.3 is 19.5 Å². The number of aliphatic hydroxyl groups is 1. The van der Waals surface area contributed by atoms with E-state index in [1.165, 1.54) is 0 Å². The lowest BCUT2D eigenvalue weighted by Gasteiger charge is -2.41. The number of piperidine rings is 1. The molecule has 0 bridgehead atoms. The zero-order chi connectivity index (χ0) is 22.3. The molecule has 0 spiro atoms. The Morgan fingerprint density at radius 2 is 1.56 bits per heavy atom. The Morgan fingerprint density at radius 3 is 2.06 bits per heavy atom. The SMILES string of the molecule is CCN1CC[C@@](O)(/C=C/c2ccc(OC)cc2)[C@H](C(=O)/C=C/c2ccc(OC)cc2)C1.Cl. The zero-order valence-corrected chi connectivity index (χ0v) is 19.7. The molecule has 1 aliphatic heterocycles. The summed E-state index contributed by atoms with van der Waals surface area (Å²) in [5, 5.41) is 11.4. The van der Waals surface area contributed by atoms with E-state index in [0.29, 0.717) is 13.0 Å². The number of ether oxygens (including phenoxy) is 2. The van der Waals surface area contributed by atoms with Crippen LogP contribution in [0.25, 0.3) is 12.2 Å². The first-order valence-corrected chi connectivity index (χ1v) is 10.6. The van der Waals surface area contributed by atoms with Crippen molar-refractivity contribution in [3.8, 4) is 11.5 Å². The van der Waals surface area contributed by atoms with Gasteiger partial charge >= 0.3 is 0 Å². The van der Waals surface area contributed by atoms with Gasteiger partial charge in [0.1, 0.15) is 11.5 Å². The van der Waals surface area contributed by atoms with Crippen molar-refractivity contribution >= 4 is 30.3 Å². The normalized spacial score (nSPS) is 21.4. The molecular formula is C26H32ClNO4. The zero-order valence-electron chi connectivity index (χ0n) is 18.9. The van der Waals surface area contributed by atoms with Crippen molar-refractivity contribution in [2.24, 2.45) is 5.92 Å². The molecule has 0 aliphatic carbocycles. The number of benzene rings is 2. The molecule has 5 nitrogen and oxygen atoms in total. The molecule has 0 aromatic heterocycles. The summed E-state index contributed by atoms with van der Waals surface area (Å²) >= 11 is 0. The first-order valence-electron chi connectivity index (χ1n) is 10.6. The number of rotatable bonds is 8. The van der Waals surface area contributed by atoms with Crippen molar-refractivity contribution in [3.05, 3.63) is 71.8 Å². The van der Waals surface area contributed by atoms with Gasteiger partial charge in [-0.15, -0.1) is 12.4 Å². The first kappa shape index (κ1) is 25.7. The Bertz CT molecular complexity index is 924. The van der Waals surface area contributed by atoms with E-state index in [2.05, 4.69) is 11.8 Å². The molecule has 1 saturated heterocycles. The van der Waals surface area contributed by atoms with E-state index in [0.717, 1.165) is 35.7 Å². The Kier molecular flexibility index (Phi) is 9.51. The van der Waals surface area contributed by atoms with Crippen molar-refractivity contribution in [2.45, 2.75) is 18.9 Å². The van der Waals surface area contributed by atoms with E-state index in [-0.39, 0.29) is 18.2 Å². The van der Waals surface area contributed by atoms with E-state index in [4.69, 9.17) is 9.47 Å². The van der Waals surface area contributed by atoms with Crippen molar-refractivity contribution in [1.29, 1.82) is 0 Å². The third-order valence-electron chi connectivity index (χ3n) is 5.90. The van der Waals surface area contributed by atoms with Crippen molar-refractivity contribution < 1.29 is 19.4 Å². The number of carbonyl (C=O) groups excluding carboxylic acids is 1. The fourth-order valence-electron chi connectivity index (χ4n) is 3.81. The average Bonchev–Trinajstić information content (AvgIpc) is 2.82. The van der Waals surface area contributed by atoms with Crippen molar-refractivity contribution in [2.75, 3.05) is 33.9 Å². The number of halogens is 1. The number of allylic oxidation sites excluding steroid dienone is 1. The maximum Gasteiger partial charge on any atom is 0.163 e. The van der Waals surface area contributed by atoms with E-state index in [9.17, 15) is 9.90 Å². The standard InChI is InChI=1S/C26H31NO4.ClH/c1-4-27-18-17-26(29,16-15-21-7-12-23(31-3)13-8-21)24(19-27)25(28)14-9-20-5-10-22(30-2)11-6-20;/h5-16,24,29H,4,17-19H2,1-3H3;1H/b14-9+,16-15+;/t24-,26-;/m0./s1. The van der Waals surface area contributed by atoms with E-state index in [1.54, 1.807) is 32.4 Å². The molecule has 1 N–H and O–H groups in total. The number of nitrogens with zero attached hydrogens (tertiary/aromatic N) is 1. The van der Waals surface area contributed by atoms with E-state index in [1.807, 2.05) is 54.6 Å². The summed E-state index contributed by atoms with van der Waals surface area (Å²) in [6, 6.07) is 15.1. The highest BCUT2D eigenvalue weighted by molar-refractivity contribution is 5.96. The minimum atomic E-state index is -1.19. The highest BCUT2D eigenvalue weighted by Gasteiger charge is 2.42. The summed E-state index contributed by atoms with van der Waals surface area (Å²) in [4.78, 5) is 15.3. The topological polar surface area (TPSA) is 59.0 Å². The van der Waals surface area contributed by atoms with Gasteiger partial charge in [0.15, 0.2) is 5.78 Å². The number of methoxy groups -OCH3 is 2. The number of hydrogen-bond acceptors (Lipinski definition) is 5. The molecule has 1 heterocycles. The van der Waals surface area contributed by atoms with Crippen LogP contribution in [-0.4, -0.2) is 55.2 Å². The maximum atomic E-state index is 13.1. The molecule has 2 aromatic rings. The van der Waals surface area contributed by atoms with Gasteiger partial charge in [0.25, 0.3) is 0 Å². The quantitative estimate of drug-likeness (QED) is 0.591. The van der Waals surface area contributed by atoms with Gasteiger partial charge in [0.05, 0.1) is 25.7 Å². The average molecular weight is 458 g/mol. The summed E-state index contributed by atoms with van der Waals surface area (Å²) in [6.07, 6.45) is 7.55. The third-order valence-corrected chi connectivity index (χ3v) is 5.90. The predicted octanol–water partition coefficient (Wildman–Crippen LogP) is 4.49. The molecule has 6 heteroatoms. The molecule has 2 atom stereocenters. The second-order valence-electron chi connectivity index (χ2n) is 7.80. The van der Waals surface area contributed by atoms with E-state index < -0.39 is 11.5 Å². The molecule has 0 amide bonds. The molecule has 172 valence electrons. The lowest BCUT2D eigenvalue weighted by atomic mass is 9.77. The van der Waals surface area contributed by atoms with E-state index >= 15 is 0 Å². The number of hydrogen-bond donors (Lipinski definition) is 1. The Balaban J connectivity index is 0.00000363. The summed E-state index contributed by atoms with van der Waals surface area (Å²) in [5.41, 5.74) is 0.675. The summed E-state index contributed by atoms with van der Waals surface area (Å²) in [7, 11) is 3.25. The second kappa shape index (κ2) is 11.9. The van der Waals surface area contributed by atoms with Gasteiger partial charge in [-0.3, -0.25) is 4.79 Å². The summed E-state index contributed by atoms with van der Waals surface area (Å²) in [5.74, 6) is 0.956. The Labute approximate surface area is 196 Å². The number of likely N-dealkylation sites (tertiary alicyclic amines) is 1. The number of carbonyl (C=O) groups is 1. The molecule has 0 saturated carbocycles. The van der Waals surface area contributed by atoms with Crippen molar-refractivity contribution in [1.82, 2.24) is 4.90 Å². The van der Waals surface area contributed by atoms with Gasteiger partial charge in [0.2, 0.25) is 0 Å². The summed E-state index contributed by atoms with van der Waals surface area (Å²) < 4.78 is 10.4. The van der Waals surface area contributed by atoms with Crippen LogP contribution < -0.4 is 9.47 Å². The van der Waals surface area contributed by atoms with Crippen LogP contribution in [0.4, 0.5) is 0 Å². The summed E-state index contributed by atoms with van der Waals surface area (Å²) in [6.45, 7) is 4.22. The van der Waals surface area contributed by atoms with Crippen molar-refractivity contribution in [3.63, 3.8) is 0 Å². The highest BCUT2D eigenvalue weighted by Crippen LogP contribution is 2.32. The minimum absolute atomic E-state index is 0. The molecular weight excluding hydrogens is 426 g/mol. The van der Waals surface area contributed by atoms with Gasteiger partial charge in [-0.25, -0.2) is 0 Å². The molecule has 0 radical (unpaired) electrons. The molecule has 1 aliphatic rings. The largest absolute Gasteiger partial charge is 0.497 e. The fraction of sp³-hybridized carbons (Fsp3) is 0.346. The predicted molar refractivity (Wildman–Crippen MR) is 131 cm³/mol. The first-order chi connectivity index (χ1) is 15.0. The van der Waals surface area contributed by atoms with Crippen LogP contribution >= 0.6 is 12.4 Å². The lowest BCUT2D eigenvalue weighted by molar-refractivity contribution is -0.129. The molecule has 0 unspecified atom stereocenters. The monoisotopic (exact) mass is 457 g/mol. The lowest BCUT2D eigenvalue weighted by Crippen LogP contribution is -2.53. The van der Waals surface area contributed by atoms with Crippen LogP contribution in [0.3, 0.4) is 0 Å². The third kappa shape index (κ3) is 6.45. The van der Waals surface area contributed by atoms with Crippen LogP contribution in [0.2, 0.25) is 0 Å². The molecule has 32 heavy (non-hydrogen) atoms. The molecule has 3 rings (SSSR count). The number of ketones is 1.